The summed E-state index contributed by atoms with van der Waals surface area (Å²) < 4.78 is 5.10. The number of anilines is 1. The first-order valence-corrected chi connectivity index (χ1v) is 6.37. The molecule has 20 heavy (non-hydrogen) atoms. The number of Topliss-reactive ketones (excluding diaryl/α,β-unsaturated/α-hetero) is 1. The fourth-order valence-corrected chi connectivity index (χ4v) is 2.46. The molecule has 0 spiro atoms. The highest BCUT2D eigenvalue weighted by molar-refractivity contribution is 6.52. The van der Waals surface area contributed by atoms with Gasteiger partial charge in [-0.25, -0.2) is 0 Å². The normalized spacial score (nSPS) is 14.1. The molecular weight excluding hydrogens is 256 g/mol. The van der Waals surface area contributed by atoms with Gasteiger partial charge < -0.3 is 9.42 Å². The monoisotopic (exact) mass is 270 g/mol. The van der Waals surface area contributed by atoms with Crippen molar-refractivity contribution < 1.29 is 14.1 Å². The molecule has 0 unspecified atom stereocenters. The Morgan fingerprint density at radius 1 is 1.20 bits per heavy atom. The Bertz CT molecular complexity index is 711. The number of carbonyl (C=O) groups is 2. The summed E-state index contributed by atoms with van der Waals surface area (Å²) in [5, 5.41) is 3.87. The summed E-state index contributed by atoms with van der Waals surface area (Å²) in [5.74, 6) is -0.274. The lowest BCUT2D eigenvalue weighted by atomic mass is 10.1. The Labute approximate surface area is 116 Å². The van der Waals surface area contributed by atoms with Crippen LogP contribution in [0.25, 0.3) is 0 Å². The predicted molar refractivity (Wildman–Crippen MR) is 72.7 cm³/mol. The Kier molecular flexibility index (Phi) is 2.71. The maximum absolute atomic E-state index is 12.1. The fraction of sp³-hybridized carbons (Fsp3) is 0.267. The lowest BCUT2D eigenvalue weighted by Gasteiger charge is -2.16. The van der Waals surface area contributed by atoms with E-state index >= 15 is 0 Å². The van der Waals surface area contributed by atoms with Crippen LogP contribution in [0, 0.1) is 20.8 Å². The molecule has 0 N–H and O–H groups in total. The van der Waals surface area contributed by atoms with Crippen LogP contribution in [0.3, 0.4) is 0 Å². The van der Waals surface area contributed by atoms with Gasteiger partial charge in [0, 0.05) is 5.56 Å². The van der Waals surface area contributed by atoms with Crippen LogP contribution in [0.4, 0.5) is 5.69 Å². The van der Waals surface area contributed by atoms with Crippen LogP contribution in [0.1, 0.15) is 32.9 Å². The standard InChI is InChI=1S/C15H14N2O3/c1-8-4-5-13-11(6-8)14(18)15(19)17(13)7-12-9(2)16-20-10(12)3/h4-6H,7H2,1-3H3. The van der Waals surface area contributed by atoms with E-state index in [0.29, 0.717) is 23.6 Å². The van der Waals surface area contributed by atoms with Gasteiger partial charge in [0.1, 0.15) is 5.76 Å². The van der Waals surface area contributed by atoms with Crippen molar-refractivity contribution in [1.29, 1.82) is 0 Å². The lowest BCUT2D eigenvalue weighted by Crippen LogP contribution is -2.29. The molecule has 1 aromatic carbocycles. The van der Waals surface area contributed by atoms with E-state index in [9.17, 15) is 9.59 Å². The minimum atomic E-state index is -0.495. The van der Waals surface area contributed by atoms with Gasteiger partial charge in [-0.1, -0.05) is 16.8 Å². The molecule has 1 aliphatic rings. The molecule has 3 rings (SSSR count). The molecule has 102 valence electrons. The number of nitrogens with zero attached hydrogens (tertiary/aromatic N) is 2. The molecule has 5 nitrogen and oxygen atoms in total. The van der Waals surface area contributed by atoms with Gasteiger partial charge in [-0.15, -0.1) is 0 Å². The summed E-state index contributed by atoms with van der Waals surface area (Å²) in [6.45, 7) is 5.83. The fourth-order valence-electron chi connectivity index (χ4n) is 2.46. The summed E-state index contributed by atoms with van der Waals surface area (Å²) >= 11 is 0. The second kappa shape index (κ2) is 4.30. The topological polar surface area (TPSA) is 63.4 Å². The van der Waals surface area contributed by atoms with Gasteiger partial charge in [-0.05, 0) is 32.9 Å². The zero-order valence-electron chi connectivity index (χ0n) is 11.6. The Morgan fingerprint density at radius 2 is 1.95 bits per heavy atom. The number of rotatable bonds is 2. The minimum absolute atomic E-state index is 0.307. The molecular formula is C15H14N2O3. The molecule has 1 aromatic heterocycles. The largest absolute Gasteiger partial charge is 0.361 e. The second-order valence-electron chi connectivity index (χ2n) is 5.04. The second-order valence-corrected chi connectivity index (χ2v) is 5.04. The summed E-state index contributed by atoms with van der Waals surface area (Å²) in [4.78, 5) is 25.7. The van der Waals surface area contributed by atoms with Crippen molar-refractivity contribution >= 4 is 17.4 Å². The predicted octanol–water partition coefficient (Wildman–Crippen LogP) is 2.33. The zero-order valence-corrected chi connectivity index (χ0v) is 11.6. The third-order valence-corrected chi connectivity index (χ3v) is 3.62. The number of benzene rings is 1. The van der Waals surface area contributed by atoms with E-state index in [4.69, 9.17) is 4.52 Å². The molecule has 1 amide bonds. The molecule has 0 fully saturated rings. The molecule has 1 aliphatic heterocycles. The van der Waals surface area contributed by atoms with Crippen molar-refractivity contribution in [2.24, 2.45) is 0 Å². The highest BCUT2D eigenvalue weighted by Crippen LogP contribution is 2.31. The van der Waals surface area contributed by atoms with Crippen LogP contribution < -0.4 is 4.90 Å². The number of carbonyl (C=O) groups excluding carboxylic acids is 2. The molecule has 5 heteroatoms. The van der Waals surface area contributed by atoms with E-state index in [1.807, 2.05) is 26.0 Å². The zero-order chi connectivity index (χ0) is 14.4. The summed E-state index contributed by atoms with van der Waals surface area (Å²) in [5.41, 5.74) is 3.68. The number of hydrogen-bond acceptors (Lipinski definition) is 4. The maximum Gasteiger partial charge on any atom is 0.299 e. The van der Waals surface area contributed by atoms with Gasteiger partial charge in [-0.2, -0.15) is 0 Å². The quantitative estimate of drug-likeness (QED) is 0.786. The lowest BCUT2D eigenvalue weighted by molar-refractivity contribution is -0.114. The Hall–Kier alpha value is -2.43. The van der Waals surface area contributed by atoms with E-state index in [-0.39, 0.29) is 0 Å². The van der Waals surface area contributed by atoms with Crippen molar-refractivity contribution in [1.82, 2.24) is 5.16 Å². The average molecular weight is 270 g/mol. The molecule has 0 atom stereocenters. The number of fused-ring (bicyclic) bond motifs is 1. The minimum Gasteiger partial charge on any atom is -0.361 e. The van der Waals surface area contributed by atoms with E-state index < -0.39 is 11.7 Å². The van der Waals surface area contributed by atoms with Gasteiger partial charge in [0.15, 0.2) is 0 Å². The first-order chi connectivity index (χ1) is 9.49. The molecule has 2 heterocycles. The number of ketones is 1. The van der Waals surface area contributed by atoms with Crippen LogP contribution in [-0.2, 0) is 11.3 Å². The van der Waals surface area contributed by atoms with Crippen molar-refractivity contribution in [3.8, 4) is 0 Å². The van der Waals surface area contributed by atoms with E-state index in [1.165, 1.54) is 4.90 Å². The highest BCUT2D eigenvalue weighted by atomic mass is 16.5. The molecule has 0 bridgehead atoms. The van der Waals surface area contributed by atoms with Gasteiger partial charge in [0.2, 0.25) is 0 Å². The average Bonchev–Trinajstić information content (AvgIpc) is 2.85. The first-order valence-electron chi connectivity index (χ1n) is 6.37. The summed E-state index contributed by atoms with van der Waals surface area (Å²) in [6, 6.07) is 5.46. The summed E-state index contributed by atoms with van der Waals surface area (Å²) in [6.07, 6.45) is 0. The molecule has 0 radical (unpaired) electrons. The molecule has 2 aromatic rings. The van der Waals surface area contributed by atoms with Crippen molar-refractivity contribution in [3.63, 3.8) is 0 Å². The summed E-state index contributed by atoms with van der Waals surface area (Å²) in [7, 11) is 0. The number of amides is 1. The van der Waals surface area contributed by atoms with Crippen LogP contribution >= 0.6 is 0 Å². The maximum atomic E-state index is 12.1. The first kappa shape index (κ1) is 12.6. The molecule has 0 saturated heterocycles. The SMILES string of the molecule is Cc1ccc2c(c1)C(=O)C(=O)N2Cc1c(C)noc1C. The van der Waals surface area contributed by atoms with Crippen molar-refractivity contribution in [2.75, 3.05) is 4.90 Å². The Morgan fingerprint density at radius 3 is 2.60 bits per heavy atom. The van der Waals surface area contributed by atoms with E-state index in [1.54, 1.807) is 13.0 Å². The van der Waals surface area contributed by atoms with E-state index in [2.05, 4.69) is 5.16 Å². The van der Waals surface area contributed by atoms with Crippen LogP contribution in [0.5, 0.6) is 0 Å². The van der Waals surface area contributed by atoms with Crippen LogP contribution in [0.2, 0.25) is 0 Å². The molecule has 0 aliphatic carbocycles. The number of aryl methyl sites for hydroxylation is 3. The smallest absolute Gasteiger partial charge is 0.299 e. The van der Waals surface area contributed by atoms with Gasteiger partial charge in [-0.3, -0.25) is 9.59 Å². The van der Waals surface area contributed by atoms with Gasteiger partial charge in [0.05, 0.1) is 23.5 Å². The highest BCUT2D eigenvalue weighted by Gasteiger charge is 2.36. The van der Waals surface area contributed by atoms with Crippen molar-refractivity contribution in [2.45, 2.75) is 27.3 Å². The van der Waals surface area contributed by atoms with Crippen LogP contribution in [0.15, 0.2) is 22.7 Å². The van der Waals surface area contributed by atoms with E-state index in [0.717, 1.165) is 16.8 Å². The van der Waals surface area contributed by atoms with Gasteiger partial charge in [0.25, 0.3) is 11.7 Å². The molecule has 0 saturated carbocycles. The van der Waals surface area contributed by atoms with Gasteiger partial charge >= 0.3 is 0 Å². The number of hydrogen-bond donors (Lipinski definition) is 0. The number of aromatic nitrogens is 1. The Balaban J connectivity index is 2.04. The van der Waals surface area contributed by atoms with Crippen molar-refractivity contribution in [3.05, 3.63) is 46.3 Å². The third-order valence-electron chi connectivity index (χ3n) is 3.62. The van der Waals surface area contributed by atoms with Crippen LogP contribution in [-0.4, -0.2) is 16.8 Å². The third kappa shape index (κ3) is 1.74.